The molecule has 2 bridgehead atoms. The molecule has 2 fully saturated rings. The first-order chi connectivity index (χ1) is 22.1. The second-order valence-electron chi connectivity index (χ2n) is 12.0. The number of hydrogen-bond acceptors (Lipinski definition) is 6. The van der Waals surface area contributed by atoms with E-state index in [0.717, 1.165) is 18.6 Å². The van der Waals surface area contributed by atoms with Crippen molar-refractivity contribution in [3.8, 4) is 11.3 Å². The third-order valence-corrected chi connectivity index (χ3v) is 9.79. The van der Waals surface area contributed by atoms with Crippen LogP contribution in [0, 0.1) is 29.5 Å². The number of hydrogen-bond donors (Lipinski definition) is 0. The molecule has 10 heteroatoms. The number of alkyl halides is 1. The number of amides is 2. The quantitative estimate of drug-likeness (QED) is 0.0644. The Hall–Kier alpha value is -4.40. The summed E-state index contributed by atoms with van der Waals surface area (Å²) in [5.74, 6) is -2.43. The number of Topliss-reactive ketones (excluding diaryl/α,β-unsaturated/α-hetero) is 1. The third kappa shape index (κ3) is 5.10. The van der Waals surface area contributed by atoms with Crippen molar-refractivity contribution in [3.63, 3.8) is 0 Å². The fourth-order valence-corrected chi connectivity index (χ4v) is 7.53. The highest BCUT2D eigenvalue weighted by Crippen LogP contribution is 2.56. The molecule has 2 aliphatic carbocycles. The van der Waals surface area contributed by atoms with Crippen LogP contribution in [0.25, 0.3) is 22.2 Å². The van der Waals surface area contributed by atoms with Crippen LogP contribution in [0.4, 0.5) is 10.1 Å². The number of ketones is 1. The van der Waals surface area contributed by atoms with Gasteiger partial charge < -0.3 is 4.74 Å². The number of esters is 1. The highest BCUT2D eigenvalue weighted by atomic mass is 35.5. The maximum absolute atomic E-state index is 13.7. The predicted molar refractivity (Wildman–Crippen MR) is 172 cm³/mol. The molecule has 1 saturated carbocycles. The summed E-state index contributed by atoms with van der Waals surface area (Å²) in [6, 6.07) is 18.4. The number of allylic oxidation sites excluding steroid dienone is 2. The summed E-state index contributed by atoms with van der Waals surface area (Å²) in [7, 11) is 0. The van der Waals surface area contributed by atoms with Gasteiger partial charge in [0.1, 0.15) is 5.82 Å². The number of anilines is 1. The summed E-state index contributed by atoms with van der Waals surface area (Å²) in [5, 5.41) is 0.804. The van der Waals surface area contributed by atoms with E-state index in [4.69, 9.17) is 32.9 Å². The summed E-state index contributed by atoms with van der Waals surface area (Å²) >= 11 is 12.2. The van der Waals surface area contributed by atoms with Gasteiger partial charge in [-0.2, -0.15) is 0 Å². The van der Waals surface area contributed by atoms with Gasteiger partial charge in [0.25, 0.3) is 0 Å². The molecule has 0 N–H and O–H groups in total. The average Bonchev–Trinajstić information content (AvgIpc) is 3.69. The second kappa shape index (κ2) is 11.8. The molecule has 232 valence electrons. The number of aromatic nitrogens is 1. The molecule has 2 heterocycles. The zero-order chi connectivity index (χ0) is 32.3. The van der Waals surface area contributed by atoms with E-state index in [2.05, 4.69) is 6.08 Å². The summed E-state index contributed by atoms with van der Waals surface area (Å²) < 4.78 is 19.2. The van der Waals surface area contributed by atoms with Gasteiger partial charge >= 0.3 is 5.97 Å². The molecule has 7 rings (SSSR count). The SMILES string of the molecule is CC1=CC2CC1C1C(=O)N(c3ccc(-c4cc(C(=O)OC(CCCl)C(=O)c5ccc(F)cc5)c5cc(Cl)ccc5n4)cc3)C(=O)C21. The largest absolute Gasteiger partial charge is 0.450 e. The molecule has 3 aliphatic rings. The van der Waals surface area contributed by atoms with Gasteiger partial charge in [0.05, 0.1) is 34.3 Å². The first-order valence-electron chi connectivity index (χ1n) is 15.0. The van der Waals surface area contributed by atoms with Crippen molar-refractivity contribution in [3.05, 3.63) is 106 Å². The Morgan fingerprint density at radius 3 is 2.43 bits per heavy atom. The number of benzene rings is 3. The first-order valence-corrected chi connectivity index (χ1v) is 15.9. The fraction of sp³-hybridized carbons (Fsp3) is 0.250. The number of halogens is 3. The van der Waals surface area contributed by atoms with Crippen molar-refractivity contribution in [1.82, 2.24) is 4.98 Å². The van der Waals surface area contributed by atoms with Gasteiger partial charge in [-0.25, -0.2) is 14.2 Å². The topological polar surface area (TPSA) is 93.6 Å². The van der Waals surface area contributed by atoms with Crippen molar-refractivity contribution in [2.45, 2.75) is 25.9 Å². The van der Waals surface area contributed by atoms with E-state index in [-0.39, 0.29) is 58.9 Å². The second-order valence-corrected chi connectivity index (χ2v) is 12.8. The molecule has 5 unspecified atom stereocenters. The highest BCUT2D eigenvalue weighted by Gasteiger charge is 2.60. The predicted octanol–water partition coefficient (Wildman–Crippen LogP) is 7.43. The molecule has 1 aliphatic heterocycles. The van der Waals surface area contributed by atoms with Gasteiger partial charge in [-0.15, -0.1) is 11.6 Å². The monoisotopic (exact) mass is 656 g/mol. The normalized spacial score (nSPS) is 22.3. The minimum Gasteiger partial charge on any atom is -0.450 e. The molecule has 46 heavy (non-hydrogen) atoms. The number of carbonyl (C=O) groups excluding carboxylic acids is 4. The van der Waals surface area contributed by atoms with Gasteiger partial charge in [-0.1, -0.05) is 35.4 Å². The summed E-state index contributed by atoms with van der Waals surface area (Å²) in [6.07, 6.45) is 1.85. The third-order valence-electron chi connectivity index (χ3n) is 9.33. The lowest BCUT2D eigenvalue weighted by atomic mass is 9.82. The standard InChI is InChI=1S/C36H27Cl2FN2O5/c1-18-14-21-15-25(18)32-31(21)34(43)41(35(32)44)24-9-4-19(5-10-24)29-17-27(26-16-22(38)6-11-28(26)40-29)36(45)46-30(12-13-37)33(42)20-2-7-23(39)8-3-20/h2-11,14,16-17,21,25,30-32H,12-13,15H2,1H3. The summed E-state index contributed by atoms with van der Waals surface area (Å²) in [6.45, 7) is 2.03. The molecule has 5 atom stereocenters. The fourth-order valence-electron chi connectivity index (χ4n) is 7.16. The Bertz CT molecular complexity index is 1960. The van der Waals surface area contributed by atoms with Crippen LogP contribution in [0.5, 0.6) is 0 Å². The van der Waals surface area contributed by atoms with Crippen molar-refractivity contribution in [2.75, 3.05) is 10.8 Å². The zero-order valence-electron chi connectivity index (χ0n) is 24.6. The van der Waals surface area contributed by atoms with Crippen LogP contribution in [0.15, 0.2) is 84.4 Å². The number of imide groups is 1. The minimum absolute atomic E-state index is 0.0480. The van der Waals surface area contributed by atoms with Gasteiger partial charge in [-0.05, 0) is 85.8 Å². The lowest BCUT2D eigenvalue weighted by Gasteiger charge is -2.19. The minimum atomic E-state index is -1.20. The van der Waals surface area contributed by atoms with Crippen molar-refractivity contribution in [1.29, 1.82) is 0 Å². The summed E-state index contributed by atoms with van der Waals surface area (Å²) in [5.41, 5.74) is 3.52. The van der Waals surface area contributed by atoms with Gasteiger partial charge in [-0.3, -0.25) is 19.3 Å². The molecule has 1 aromatic heterocycles. The lowest BCUT2D eigenvalue weighted by Crippen LogP contribution is -2.32. The number of carbonyl (C=O) groups is 4. The molecule has 2 amide bonds. The molecule has 3 aromatic carbocycles. The number of rotatable bonds is 8. The van der Waals surface area contributed by atoms with Crippen LogP contribution in [0.2, 0.25) is 5.02 Å². The van der Waals surface area contributed by atoms with Crippen LogP contribution in [0.1, 0.15) is 40.5 Å². The Labute approximate surface area is 274 Å². The van der Waals surface area contributed by atoms with E-state index in [1.54, 1.807) is 48.5 Å². The number of ether oxygens (including phenoxy) is 1. The van der Waals surface area contributed by atoms with E-state index in [1.807, 2.05) is 6.92 Å². The van der Waals surface area contributed by atoms with Gasteiger partial charge in [0.15, 0.2) is 6.10 Å². The van der Waals surface area contributed by atoms with Gasteiger partial charge in [0.2, 0.25) is 17.6 Å². The van der Waals surface area contributed by atoms with Crippen LogP contribution < -0.4 is 4.90 Å². The molecule has 4 aromatic rings. The molecular formula is C36H27Cl2FN2O5. The Balaban J connectivity index is 1.19. The van der Waals surface area contributed by atoms with Crippen molar-refractivity contribution < 1.29 is 28.3 Å². The maximum atomic E-state index is 13.7. The highest BCUT2D eigenvalue weighted by molar-refractivity contribution is 6.31. The number of nitrogens with zero attached hydrogens (tertiary/aromatic N) is 2. The Kier molecular flexibility index (Phi) is 7.73. The molecule has 1 saturated heterocycles. The van der Waals surface area contributed by atoms with Crippen LogP contribution >= 0.6 is 23.2 Å². The van der Waals surface area contributed by atoms with E-state index >= 15 is 0 Å². The lowest BCUT2D eigenvalue weighted by molar-refractivity contribution is -0.123. The van der Waals surface area contributed by atoms with E-state index in [9.17, 15) is 23.6 Å². The number of pyridine rings is 1. The van der Waals surface area contributed by atoms with Gasteiger partial charge in [0, 0.05) is 33.8 Å². The van der Waals surface area contributed by atoms with Crippen molar-refractivity contribution >= 4 is 63.4 Å². The molecule has 7 nitrogen and oxygen atoms in total. The maximum Gasteiger partial charge on any atom is 0.339 e. The Morgan fingerprint density at radius 1 is 1.00 bits per heavy atom. The van der Waals surface area contributed by atoms with Crippen LogP contribution in [-0.4, -0.2) is 40.5 Å². The first kappa shape index (κ1) is 30.3. The summed E-state index contributed by atoms with van der Waals surface area (Å²) in [4.78, 5) is 59.7. The van der Waals surface area contributed by atoms with E-state index in [1.165, 1.54) is 22.6 Å². The zero-order valence-corrected chi connectivity index (χ0v) is 26.1. The van der Waals surface area contributed by atoms with E-state index < -0.39 is 23.7 Å². The Morgan fingerprint density at radius 2 is 1.72 bits per heavy atom. The number of fused-ring (bicyclic) bond motifs is 6. The van der Waals surface area contributed by atoms with Crippen LogP contribution in [-0.2, 0) is 14.3 Å². The smallest absolute Gasteiger partial charge is 0.339 e. The van der Waals surface area contributed by atoms with Crippen LogP contribution in [0.3, 0.4) is 0 Å². The molecular weight excluding hydrogens is 630 g/mol. The molecule has 0 radical (unpaired) electrons. The molecule has 0 spiro atoms. The van der Waals surface area contributed by atoms with Crippen molar-refractivity contribution in [2.24, 2.45) is 23.7 Å². The van der Waals surface area contributed by atoms with E-state index in [0.29, 0.717) is 32.9 Å². The average molecular weight is 658 g/mol.